The average Bonchev–Trinajstić information content (AvgIpc) is 2.43. The summed E-state index contributed by atoms with van der Waals surface area (Å²) in [6.45, 7) is 0. The van der Waals surface area contributed by atoms with Gasteiger partial charge in [-0.25, -0.2) is 9.97 Å². The third-order valence-corrected chi connectivity index (χ3v) is 3.57. The fourth-order valence-corrected chi connectivity index (χ4v) is 1.83. The van der Waals surface area contributed by atoms with E-state index >= 15 is 0 Å². The molecule has 2 aromatic rings. The lowest BCUT2D eigenvalue weighted by Gasteiger charge is -2.14. The molecule has 1 aromatic heterocycles. The molecule has 108 valence electrons. The van der Waals surface area contributed by atoms with Gasteiger partial charge in [-0.05, 0) is 34.1 Å². The molecular formula is C12H4BrClF3N3O. The third-order valence-electron chi connectivity index (χ3n) is 2.34. The van der Waals surface area contributed by atoms with E-state index in [1.165, 1.54) is 6.07 Å². The molecule has 0 aliphatic carbocycles. The second-order valence-corrected chi connectivity index (χ2v) is 4.86. The van der Waals surface area contributed by atoms with E-state index < -0.39 is 17.5 Å². The molecule has 0 radical (unpaired) electrons. The zero-order valence-electron chi connectivity index (χ0n) is 9.95. The van der Waals surface area contributed by atoms with Crippen LogP contribution in [0.15, 0.2) is 29.0 Å². The summed E-state index contributed by atoms with van der Waals surface area (Å²) in [5.74, 6) is -0.651. The second-order valence-electron chi connectivity index (χ2n) is 3.71. The fraction of sp³-hybridized carbons (Fsp3) is 0.0833. The van der Waals surface area contributed by atoms with Gasteiger partial charge in [0.25, 0.3) is 0 Å². The molecule has 4 nitrogen and oxygen atoms in total. The van der Waals surface area contributed by atoms with Crippen molar-refractivity contribution in [2.75, 3.05) is 0 Å². The van der Waals surface area contributed by atoms with Gasteiger partial charge in [0.1, 0.15) is 16.5 Å². The van der Waals surface area contributed by atoms with E-state index in [1.807, 2.05) is 0 Å². The number of hydrogen-bond donors (Lipinski definition) is 0. The molecule has 0 saturated heterocycles. The fourth-order valence-electron chi connectivity index (χ4n) is 1.42. The van der Waals surface area contributed by atoms with Crippen LogP contribution in [-0.2, 0) is 6.18 Å². The Hall–Kier alpha value is -1.85. The molecular weight excluding hydrogens is 375 g/mol. The second kappa shape index (κ2) is 5.87. The first-order valence-corrected chi connectivity index (χ1v) is 6.45. The van der Waals surface area contributed by atoms with Gasteiger partial charge in [-0.3, -0.25) is 0 Å². The average molecular weight is 379 g/mol. The number of aromatic nitrogens is 2. The van der Waals surface area contributed by atoms with Crippen molar-refractivity contribution in [1.82, 2.24) is 9.97 Å². The van der Waals surface area contributed by atoms with Crippen LogP contribution in [0.5, 0.6) is 11.6 Å². The van der Waals surface area contributed by atoms with E-state index in [4.69, 9.17) is 21.6 Å². The first kappa shape index (κ1) is 15.5. The lowest BCUT2D eigenvalue weighted by atomic mass is 10.1. The summed E-state index contributed by atoms with van der Waals surface area (Å²) in [4.78, 5) is 7.34. The number of nitriles is 1. The van der Waals surface area contributed by atoms with Crippen molar-refractivity contribution in [2.24, 2.45) is 0 Å². The van der Waals surface area contributed by atoms with Crippen molar-refractivity contribution in [3.63, 3.8) is 0 Å². The molecule has 0 N–H and O–H groups in total. The van der Waals surface area contributed by atoms with E-state index in [9.17, 15) is 13.2 Å². The molecule has 1 aromatic carbocycles. The van der Waals surface area contributed by atoms with Crippen molar-refractivity contribution in [3.8, 4) is 17.7 Å². The first-order valence-electron chi connectivity index (χ1n) is 5.28. The van der Waals surface area contributed by atoms with Crippen LogP contribution in [0.4, 0.5) is 13.2 Å². The van der Waals surface area contributed by atoms with Crippen LogP contribution in [0.1, 0.15) is 11.1 Å². The third kappa shape index (κ3) is 3.43. The minimum Gasteiger partial charge on any atom is -0.437 e. The zero-order valence-corrected chi connectivity index (χ0v) is 12.3. The lowest BCUT2D eigenvalue weighted by molar-refractivity contribution is -0.138. The molecule has 21 heavy (non-hydrogen) atoms. The van der Waals surface area contributed by atoms with Crippen molar-refractivity contribution in [2.45, 2.75) is 6.18 Å². The van der Waals surface area contributed by atoms with E-state index in [2.05, 4.69) is 25.9 Å². The predicted molar refractivity (Wildman–Crippen MR) is 71.0 cm³/mol. The van der Waals surface area contributed by atoms with Crippen LogP contribution in [0, 0.1) is 11.3 Å². The predicted octanol–water partition coefficient (Wildman–Crippen LogP) is 4.58. The van der Waals surface area contributed by atoms with Crippen molar-refractivity contribution >= 4 is 27.5 Å². The van der Waals surface area contributed by atoms with Crippen LogP contribution in [0.2, 0.25) is 5.15 Å². The Labute approximate surface area is 130 Å². The minimum atomic E-state index is -4.68. The molecule has 0 unspecified atom stereocenters. The van der Waals surface area contributed by atoms with E-state index in [0.717, 1.165) is 12.4 Å². The Morgan fingerprint density at radius 3 is 2.62 bits per heavy atom. The normalized spacial score (nSPS) is 11.0. The number of halogens is 5. The van der Waals surface area contributed by atoms with Crippen molar-refractivity contribution in [3.05, 3.63) is 45.3 Å². The summed E-state index contributed by atoms with van der Waals surface area (Å²) in [5, 5.41) is 8.69. The van der Waals surface area contributed by atoms with Gasteiger partial charge in [0, 0.05) is 0 Å². The Bertz CT molecular complexity index is 731. The SMILES string of the molecule is N#Cc1ccc(Oc2ncnc(Cl)c2Br)c(C(F)(F)F)c1. The topological polar surface area (TPSA) is 58.8 Å². The summed E-state index contributed by atoms with van der Waals surface area (Å²) in [6.07, 6.45) is -3.62. The van der Waals surface area contributed by atoms with Gasteiger partial charge in [-0.15, -0.1) is 0 Å². The Morgan fingerprint density at radius 1 is 1.29 bits per heavy atom. The Morgan fingerprint density at radius 2 is 2.00 bits per heavy atom. The lowest BCUT2D eigenvalue weighted by Crippen LogP contribution is -2.08. The number of nitrogens with zero attached hydrogens (tertiary/aromatic N) is 3. The first-order chi connectivity index (χ1) is 9.82. The van der Waals surface area contributed by atoms with Crippen LogP contribution in [0.3, 0.4) is 0 Å². The van der Waals surface area contributed by atoms with Crippen LogP contribution >= 0.6 is 27.5 Å². The summed E-state index contributed by atoms with van der Waals surface area (Å²) in [6, 6.07) is 4.59. The van der Waals surface area contributed by atoms with Crippen molar-refractivity contribution in [1.29, 1.82) is 5.26 Å². The van der Waals surface area contributed by atoms with Crippen LogP contribution < -0.4 is 4.74 Å². The van der Waals surface area contributed by atoms with E-state index in [1.54, 1.807) is 6.07 Å². The van der Waals surface area contributed by atoms with Crippen molar-refractivity contribution < 1.29 is 17.9 Å². The molecule has 1 heterocycles. The molecule has 0 bridgehead atoms. The summed E-state index contributed by atoms with van der Waals surface area (Å²) in [7, 11) is 0. The number of benzene rings is 1. The molecule has 0 atom stereocenters. The zero-order chi connectivity index (χ0) is 15.6. The maximum absolute atomic E-state index is 13.0. The summed E-state index contributed by atoms with van der Waals surface area (Å²) < 4.78 is 44.2. The molecule has 0 aliphatic rings. The van der Waals surface area contributed by atoms with Gasteiger partial charge >= 0.3 is 6.18 Å². The summed E-state index contributed by atoms with van der Waals surface area (Å²) in [5.41, 5.74) is -1.21. The Kier molecular flexibility index (Phi) is 4.34. The molecule has 2 rings (SSSR count). The van der Waals surface area contributed by atoms with Gasteiger partial charge in [0.15, 0.2) is 5.15 Å². The molecule has 0 amide bonds. The molecule has 0 aliphatic heterocycles. The van der Waals surface area contributed by atoms with Gasteiger partial charge in [0.2, 0.25) is 5.88 Å². The molecule has 0 fully saturated rings. The maximum Gasteiger partial charge on any atom is 0.420 e. The smallest absolute Gasteiger partial charge is 0.420 e. The Balaban J connectivity index is 2.50. The monoisotopic (exact) mass is 377 g/mol. The quantitative estimate of drug-likeness (QED) is 0.718. The number of hydrogen-bond acceptors (Lipinski definition) is 4. The maximum atomic E-state index is 13.0. The number of ether oxygens (including phenoxy) is 1. The van der Waals surface area contributed by atoms with E-state index in [0.29, 0.717) is 6.07 Å². The number of alkyl halides is 3. The van der Waals surface area contributed by atoms with Crippen LogP contribution in [0.25, 0.3) is 0 Å². The van der Waals surface area contributed by atoms with Gasteiger partial charge in [0.05, 0.1) is 17.2 Å². The standard InChI is InChI=1S/C12H4BrClF3N3O/c13-9-10(14)19-5-20-11(9)21-8-2-1-6(4-18)3-7(8)12(15,16)17/h1-3,5H. The number of rotatable bonds is 2. The molecule has 9 heteroatoms. The highest BCUT2D eigenvalue weighted by Crippen LogP contribution is 2.40. The van der Waals surface area contributed by atoms with Crippen LogP contribution in [-0.4, -0.2) is 9.97 Å². The largest absolute Gasteiger partial charge is 0.437 e. The van der Waals surface area contributed by atoms with Gasteiger partial charge in [-0.2, -0.15) is 18.4 Å². The minimum absolute atomic E-state index is 0.00204. The highest BCUT2D eigenvalue weighted by Gasteiger charge is 2.35. The summed E-state index contributed by atoms with van der Waals surface area (Å²) >= 11 is 8.74. The van der Waals surface area contributed by atoms with Gasteiger partial charge in [-0.1, -0.05) is 11.6 Å². The molecule has 0 saturated carbocycles. The highest BCUT2D eigenvalue weighted by atomic mass is 79.9. The van der Waals surface area contributed by atoms with E-state index in [-0.39, 0.29) is 21.1 Å². The van der Waals surface area contributed by atoms with Gasteiger partial charge < -0.3 is 4.74 Å². The highest BCUT2D eigenvalue weighted by molar-refractivity contribution is 9.10. The molecule has 0 spiro atoms.